The minimum atomic E-state index is -4.61. The summed E-state index contributed by atoms with van der Waals surface area (Å²) in [6.07, 6.45) is -3.17. The largest absolute Gasteiger partial charge is 0.416 e. The summed E-state index contributed by atoms with van der Waals surface area (Å²) >= 11 is 0. The van der Waals surface area contributed by atoms with E-state index >= 15 is 0 Å². The molecule has 4 nitrogen and oxygen atoms in total. The summed E-state index contributed by atoms with van der Waals surface area (Å²) < 4.78 is 51.1. The van der Waals surface area contributed by atoms with Crippen LogP contribution >= 0.6 is 0 Å². The molecule has 1 N–H and O–H groups in total. The molecule has 0 aromatic heterocycles. The minimum Gasteiger partial charge on any atom is -0.334 e. The van der Waals surface area contributed by atoms with E-state index in [-0.39, 0.29) is 18.0 Å². The molecule has 8 heteroatoms. The van der Waals surface area contributed by atoms with Gasteiger partial charge in [-0.1, -0.05) is 6.07 Å². The van der Waals surface area contributed by atoms with Crippen molar-refractivity contribution in [2.24, 2.45) is 5.92 Å². The van der Waals surface area contributed by atoms with Gasteiger partial charge in [-0.2, -0.15) is 18.4 Å². The summed E-state index contributed by atoms with van der Waals surface area (Å²) in [6, 6.07) is 3.84. The lowest BCUT2D eigenvalue weighted by molar-refractivity contribution is -0.137. The fraction of sp³-hybridized carbons (Fsp3) is 0.467. The van der Waals surface area contributed by atoms with Gasteiger partial charge in [0.05, 0.1) is 17.6 Å². The molecule has 1 fully saturated rings. The summed E-state index contributed by atoms with van der Waals surface area (Å²) in [5.74, 6) is -1.24. The Morgan fingerprint density at radius 1 is 1.43 bits per heavy atom. The third-order valence-corrected chi connectivity index (χ3v) is 3.70. The predicted octanol–water partition coefficient (Wildman–Crippen LogP) is 3.29. The normalized spacial score (nSPS) is 18.4. The van der Waals surface area contributed by atoms with Crippen molar-refractivity contribution in [2.45, 2.75) is 25.6 Å². The second kappa shape index (κ2) is 6.86. The first-order valence-electron chi connectivity index (χ1n) is 7.09. The molecule has 2 amide bonds. The Morgan fingerprint density at radius 3 is 2.78 bits per heavy atom. The molecule has 1 aliphatic rings. The molecule has 1 saturated heterocycles. The maximum Gasteiger partial charge on any atom is 0.416 e. The van der Waals surface area contributed by atoms with E-state index in [1.165, 1.54) is 4.90 Å². The van der Waals surface area contributed by atoms with E-state index in [2.05, 4.69) is 11.4 Å². The first-order chi connectivity index (χ1) is 10.8. The Hall–Kier alpha value is -2.30. The van der Waals surface area contributed by atoms with Crippen LogP contribution in [-0.2, 0) is 12.7 Å². The highest BCUT2D eigenvalue weighted by atomic mass is 19.4. The third kappa shape index (κ3) is 4.34. The highest BCUT2D eigenvalue weighted by Crippen LogP contribution is 2.30. The van der Waals surface area contributed by atoms with Crippen molar-refractivity contribution >= 4 is 6.03 Å². The molecule has 1 atom stereocenters. The molecule has 0 radical (unpaired) electrons. The molecule has 1 aromatic rings. The zero-order chi connectivity index (χ0) is 17.0. The predicted molar refractivity (Wildman–Crippen MR) is 73.5 cm³/mol. The lowest BCUT2D eigenvalue weighted by atomic mass is 10.0. The fourth-order valence-corrected chi connectivity index (χ4v) is 2.42. The van der Waals surface area contributed by atoms with Crippen molar-refractivity contribution in [3.63, 3.8) is 0 Å². The van der Waals surface area contributed by atoms with Gasteiger partial charge in [-0.05, 0) is 25.0 Å². The van der Waals surface area contributed by atoms with E-state index in [9.17, 15) is 22.4 Å². The van der Waals surface area contributed by atoms with Gasteiger partial charge in [0.15, 0.2) is 0 Å². The standard InChI is InChI=1S/C15H15F4N3O/c16-13-6-12(15(17,18)19)4-3-11(13)8-21-14(23)22-5-1-2-10(7-20)9-22/h3-4,6,10H,1-2,5,8-9H2,(H,21,23)/t10-/m1/s1. The van der Waals surface area contributed by atoms with Crippen LogP contribution in [0.2, 0.25) is 0 Å². The van der Waals surface area contributed by atoms with E-state index in [1.54, 1.807) is 0 Å². The van der Waals surface area contributed by atoms with Crippen molar-refractivity contribution in [3.05, 3.63) is 35.1 Å². The summed E-state index contributed by atoms with van der Waals surface area (Å²) in [5.41, 5.74) is -1.10. The van der Waals surface area contributed by atoms with Gasteiger partial charge in [-0.15, -0.1) is 0 Å². The maximum absolute atomic E-state index is 13.7. The van der Waals surface area contributed by atoms with Crippen molar-refractivity contribution < 1.29 is 22.4 Å². The number of carbonyl (C=O) groups is 1. The third-order valence-electron chi connectivity index (χ3n) is 3.70. The fourth-order valence-electron chi connectivity index (χ4n) is 2.42. The number of nitrogens with one attached hydrogen (secondary N) is 1. The molecule has 0 unspecified atom stereocenters. The molecule has 0 saturated carbocycles. The SMILES string of the molecule is N#C[C@H]1CCCN(C(=O)NCc2ccc(C(F)(F)F)cc2F)C1. The quantitative estimate of drug-likeness (QED) is 0.847. The van der Waals surface area contributed by atoms with Gasteiger partial charge in [0.2, 0.25) is 0 Å². The van der Waals surface area contributed by atoms with Crippen LogP contribution in [0, 0.1) is 23.1 Å². The summed E-state index contributed by atoms with van der Waals surface area (Å²) in [4.78, 5) is 13.4. The van der Waals surface area contributed by atoms with Crippen LogP contribution in [0.4, 0.5) is 22.4 Å². The summed E-state index contributed by atoms with van der Waals surface area (Å²) in [6.45, 7) is 0.591. The number of nitriles is 1. The highest BCUT2D eigenvalue weighted by Gasteiger charge is 2.31. The number of hydrogen-bond donors (Lipinski definition) is 1. The molecule has 0 spiro atoms. The van der Waals surface area contributed by atoms with Gasteiger partial charge in [0, 0.05) is 25.2 Å². The van der Waals surface area contributed by atoms with Crippen LogP contribution in [0.15, 0.2) is 18.2 Å². The van der Waals surface area contributed by atoms with Crippen LogP contribution in [0.25, 0.3) is 0 Å². The zero-order valence-electron chi connectivity index (χ0n) is 12.2. The molecule has 0 bridgehead atoms. The number of alkyl halides is 3. The number of carbonyl (C=O) groups excluding carboxylic acids is 1. The average Bonchev–Trinajstić information content (AvgIpc) is 2.52. The number of likely N-dealkylation sites (tertiary alicyclic amines) is 1. The molecule has 1 heterocycles. The van der Waals surface area contributed by atoms with Gasteiger partial charge in [-0.25, -0.2) is 9.18 Å². The molecule has 2 rings (SSSR count). The number of halogens is 4. The summed E-state index contributed by atoms with van der Waals surface area (Å²) in [7, 11) is 0. The van der Waals surface area contributed by atoms with Gasteiger partial charge < -0.3 is 10.2 Å². The molecule has 124 valence electrons. The number of urea groups is 1. The van der Waals surface area contributed by atoms with Gasteiger partial charge in [-0.3, -0.25) is 0 Å². The number of nitrogens with zero attached hydrogens (tertiary/aromatic N) is 2. The first-order valence-corrected chi connectivity index (χ1v) is 7.09. The Balaban J connectivity index is 1.95. The van der Waals surface area contributed by atoms with E-state index in [1.807, 2.05) is 0 Å². The number of piperidine rings is 1. The van der Waals surface area contributed by atoms with Crippen LogP contribution in [0.3, 0.4) is 0 Å². The topological polar surface area (TPSA) is 56.1 Å². The first kappa shape index (κ1) is 17.1. The number of amides is 2. The van der Waals surface area contributed by atoms with Gasteiger partial charge in [0.25, 0.3) is 0 Å². The van der Waals surface area contributed by atoms with Crippen molar-refractivity contribution in [3.8, 4) is 6.07 Å². The van der Waals surface area contributed by atoms with Crippen LogP contribution in [-0.4, -0.2) is 24.0 Å². The molecule has 1 aliphatic heterocycles. The van der Waals surface area contributed by atoms with Gasteiger partial charge >= 0.3 is 12.2 Å². The minimum absolute atomic E-state index is 0.0276. The van der Waals surface area contributed by atoms with E-state index in [0.717, 1.165) is 18.6 Å². The zero-order valence-corrected chi connectivity index (χ0v) is 12.2. The summed E-state index contributed by atoms with van der Waals surface area (Å²) in [5, 5.41) is 11.3. The second-order valence-electron chi connectivity index (χ2n) is 5.38. The van der Waals surface area contributed by atoms with Crippen molar-refractivity contribution in [2.75, 3.05) is 13.1 Å². The number of benzene rings is 1. The van der Waals surface area contributed by atoms with Gasteiger partial charge in [0.1, 0.15) is 5.82 Å². The van der Waals surface area contributed by atoms with Crippen LogP contribution in [0.1, 0.15) is 24.0 Å². The van der Waals surface area contributed by atoms with E-state index in [4.69, 9.17) is 5.26 Å². The molecule has 23 heavy (non-hydrogen) atoms. The lowest BCUT2D eigenvalue weighted by Gasteiger charge is -2.29. The molecule has 1 aromatic carbocycles. The smallest absolute Gasteiger partial charge is 0.334 e. The maximum atomic E-state index is 13.7. The average molecular weight is 329 g/mol. The molecular weight excluding hydrogens is 314 g/mol. The monoisotopic (exact) mass is 329 g/mol. The molecular formula is C15H15F4N3O. The van der Waals surface area contributed by atoms with Crippen LogP contribution in [0.5, 0.6) is 0 Å². The van der Waals surface area contributed by atoms with E-state index < -0.39 is 23.6 Å². The Morgan fingerprint density at radius 2 is 2.17 bits per heavy atom. The van der Waals surface area contributed by atoms with Crippen LogP contribution < -0.4 is 5.32 Å². The number of hydrogen-bond acceptors (Lipinski definition) is 2. The van der Waals surface area contributed by atoms with Crippen molar-refractivity contribution in [1.82, 2.24) is 10.2 Å². The Labute approximate surface area is 130 Å². The molecule has 0 aliphatic carbocycles. The van der Waals surface area contributed by atoms with E-state index in [0.29, 0.717) is 25.6 Å². The van der Waals surface area contributed by atoms with Crippen molar-refractivity contribution in [1.29, 1.82) is 5.26 Å². The highest BCUT2D eigenvalue weighted by molar-refractivity contribution is 5.74. The number of rotatable bonds is 2. The second-order valence-corrected chi connectivity index (χ2v) is 5.38. The lowest BCUT2D eigenvalue weighted by Crippen LogP contribution is -2.45. The Bertz CT molecular complexity index is 624. The Kier molecular flexibility index (Phi) is 5.08.